The number of nitrogens with two attached hydrogens (primary N) is 2. The van der Waals surface area contributed by atoms with Gasteiger partial charge in [0.1, 0.15) is 23.7 Å². The first-order valence-electron chi connectivity index (χ1n) is 12.7. The number of ketones is 2. The Hall–Kier alpha value is -3.05. The van der Waals surface area contributed by atoms with Gasteiger partial charge in [0, 0.05) is 48.7 Å². The zero-order chi connectivity index (χ0) is 33.2. The van der Waals surface area contributed by atoms with Crippen molar-refractivity contribution in [1.82, 2.24) is 10.6 Å². The number of Topliss-reactive ketones (excluding diaryl/α,β-unsaturated/α-hetero) is 2. The highest BCUT2D eigenvalue weighted by molar-refractivity contribution is 8.76. The number of carboxylic acids is 2. The standard InChI is InChI=1S/C11H18N2O4S2.C11H18N2O4S.2CO2/c12-3-1-2-8(14)4-7-5-18-19-6-9(11(16)17)13-10(7)15;12-3-1-2-8(14)4-7-5-18-6-9(11(16)17)13-10(7)15;2*2-1-3/h7,9H,1-6,12H2,(H,13,15)(H,16,17);7,9H,1-6,12H2,(H,13,15)(H,16,17);;. The second-order valence-corrected chi connectivity index (χ2v) is 12.4. The van der Waals surface area contributed by atoms with E-state index in [4.69, 9.17) is 40.9 Å². The summed E-state index contributed by atoms with van der Waals surface area (Å²) in [5.41, 5.74) is 10.6. The van der Waals surface area contributed by atoms with Gasteiger partial charge in [-0.2, -0.15) is 30.9 Å². The predicted molar refractivity (Wildman–Crippen MR) is 154 cm³/mol. The van der Waals surface area contributed by atoms with E-state index in [-0.39, 0.29) is 48.5 Å². The third-order valence-electron chi connectivity index (χ3n) is 5.43. The Bertz CT molecular complexity index is 977. The average Bonchev–Trinajstić information content (AvgIpc) is 3.12. The van der Waals surface area contributed by atoms with Crippen molar-refractivity contribution in [2.24, 2.45) is 23.3 Å². The Labute approximate surface area is 259 Å². The third kappa shape index (κ3) is 21.3. The normalized spacial score (nSPS) is 21.2. The second-order valence-electron chi connectivity index (χ2n) is 8.74. The molecule has 2 rings (SSSR count). The molecule has 19 heteroatoms. The monoisotopic (exact) mass is 668 g/mol. The molecule has 16 nitrogen and oxygen atoms in total. The summed E-state index contributed by atoms with van der Waals surface area (Å²) in [6.45, 7) is 0.909. The highest BCUT2D eigenvalue weighted by Gasteiger charge is 2.31. The number of carbonyl (C=O) groups excluding carboxylic acids is 8. The quantitative estimate of drug-likeness (QED) is 0.132. The number of hydrogen-bond acceptors (Lipinski definition) is 15. The smallest absolute Gasteiger partial charge is 0.373 e. The molecule has 2 aliphatic heterocycles. The summed E-state index contributed by atoms with van der Waals surface area (Å²) in [5.74, 6) is -1.94. The Morgan fingerprint density at radius 1 is 0.698 bits per heavy atom. The molecule has 2 aliphatic rings. The molecular formula is C24H36N4O12S3. The Morgan fingerprint density at radius 2 is 1.07 bits per heavy atom. The fourth-order valence-electron chi connectivity index (χ4n) is 3.31. The molecule has 4 unspecified atom stereocenters. The maximum atomic E-state index is 11.9. The molecule has 0 aromatic heterocycles. The lowest BCUT2D eigenvalue weighted by atomic mass is 10.0. The molecule has 2 heterocycles. The molecule has 2 fully saturated rings. The van der Waals surface area contributed by atoms with Crippen molar-refractivity contribution in [3.05, 3.63) is 0 Å². The lowest BCUT2D eigenvalue weighted by Crippen LogP contribution is -2.46. The zero-order valence-corrected chi connectivity index (χ0v) is 25.6. The van der Waals surface area contributed by atoms with E-state index >= 15 is 0 Å². The molecule has 43 heavy (non-hydrogen) atoms. The summed E-state index contributed by atoms with van der Waals surface area (Å²) in [4.78, 5) is 101. The molecule has 0 aromatic carbocycles. The summed E-state index contributed by atoms with van der Waals surface area (Å²) in [7, 11) is 2.85. The van der Waals surface area contributed by atoms with Gasteiger partial charge < -0.3 is 32.3 Å². The van der Waals surface area contributed by atoms with E-state index in [1.54, 1.807) is 0 Å². The number of carbonyl (C=O) groups is 6. The Morgan fingerprint density at radius 3 is 1.47 bits per heavy atom. The topological polar surface area (TPSA) is 287 Å². The minimum absolute atomic E-state index is 0.00338. The molecule has 2 amide bonds. The zero-order valence-electron chi connectivity index (χ0n) is 23.2. The number of carboxylic acid groups (broad SMARTS) is 2. The minimum Gasteiger partial charge on any atom is -0.480 e. The van der Waals surface area contributed by atoms with Crippen molar-refractivity contribution in [2.45, 2.75) is 50.6 Å². The van der Waals surface area contributed by atoms with Gasteiger partial charge in [0.15, 0.2) is 0 Å². The van der Waals surface area contributed by atoms with E-state index in [1.807, 2.05) is 0 Å². The summed E-state index contributed by atoms with van der Waals surface area (Å²) in [6, 6.07) is -1.74. The molecule has 0 aliphatic carbocycles. The van der Waals surface area contributed by atoms with Crippen molar-refractivity contribution < 1.29 is 58.2 Å². The molecule has 0 radical (unpaired) electrons. The van der Waals surface area contributed by atoms with Crippen molar-refractivity contribution in [3.63, 3.8) is 0 Å². The summed E-state index contributed by atoms with van der Waals surface area (Å²) >= 11 is 1.39. The van der Waals surface area contributed by atoms with Crippen LogP contribution in [0, 0.1) is 11.8 Å². The molecule has 0 aromatic rings. The average molecular weight is 669 g/mol. The molecule has 2 saturated heterocycles. The highest BCUT2D eigenvalue weighted by Crippen LogP contribution is 2.28. The van der Waals surface area contributed by atoms with Gasteiger partial charge in [0.25, 0.3) is 0 Å². The fourth-order valence-corrected chi connectivity index (χ4v) is 6.93. The number of nitrogens with one attached hydrogen (secondary N) is 2. The van der Waals surface area contributed by atoms with Crippen LogP contribution in [0.3, 0.4) is 0 Å². The number of amides is 2. The van der Waals surface area contributed by atoms with Crippen LogP contribution in [0.4, 0.5) is 0 Å². The molecule has 8 N–H and O–H groups in total. The van der Waals surface area contributed by atoms with Gasteiger partial charge in [-0.3, -0.25) is 19.2 Å². The first kappa shape index (κ1) is 42.1. The van der Waals surface area contributed by atoms with Crippen molar-refractivity contribution in [1.29, 1.82) is 0 Å². The first-order valence-corrected chi connectivity index (χ1v) is 16.4. The first-order chi connectivity index (χ1) is 20.4. The van der Waals surface area contributed by atoms with Crippen LogP contribution < -0.4 is 22.1 Å². The van der Waals surface area contributed by atoms with E-state index in [0.717, 1.165) is 0 Å². The van der Waals surface area contributed by atoms with Crippen molar-refractivity contribution in [2.75, 3.05) is 36.1 Å². The van der Waals surface area contributed by atoms with Crippen LogP contribution in [-0.2, 0) is 47.9 Å². The van der Waals surface area contributed by atoms with E-state index < -0.39 is 35.9 Å². The summed E-state index contributed by atoms with van der Waals surface area (Å²) < 4.78 is 0. The summed E-state index contributed by atoms with van der Waals surface area (Å²) in [5, 5.41) is 22.7. The molecular weight excluding hydrogens is 632 g/mol. The summed E-state index contributed by atoms with van der Waals surface area (Å²) in [6.07, 6.45) is 2.83. The highest BCUT2D eigenvalue weighted by atomic mass is 33.1. The lowest BCUT2D eigenvalue weighted by Gasteiger charge is -2.22. The van der Waals surface area contributed by atoms with Crippen LogP contribution in [0.1, 0.15) is 38.5 Å². The van der Waals surface area contributed by atoms with E-state index in [1.165, 1.54) is 33.3 Å². The molecule has 0 bridgehead atoms. The molecule has 242 valence electrons. The van der Waals surface area contributed by atoms with E-state index in [9.17, 15) is 28.8 Å². The lowest BCUT2D eigenvalue weighted by molar-refractivity contribution is -0.193. The predicted octanol–water partition coefficient (Wildman–Crippen LogP) is -1.28. The van der Waals surface area contributed by atoms with Gasteiger partial charge in [0.2, 0.25) is 11.8 Å². The maximum absolute atomic E-state index is 11.9. The van der Waals surface area contributed by atoms with Crippen LogP contribution >= 0.6 is 33.3 Å². The van der Waals surface area contributed by atoms with Gasteiger partial charge in [-0.25, -0.2) is 9.59 Å². The van der Waals surface area contributed by atoms with E-state index in [0.29, 0.717) is 61.8 Å². The van der Waals surface area contributed by atoms with Crippen LogP contribution in [-0.4, -0.2) is 106 Å². The van der Waals surface area contributed by atoms with Crippen LogP contribution in [0.25, 0.3) is 0 Å². The van der Waals surface area contributed by atoms with Gasteiger partial charge in [0.05, 0.1) is 11.8 Å². The van der Waals surface area contributed by atoms with Gasteiger partial charge in [-0.15, -0.1) is 0 Å². The molecule has 0 spiro atoms. The fraction of sp³-hybridized carbons (Fsp3) is 0.667. The minimum atomic E-state index is -1.04. The van der Waals surface area contributed by atoms with Crippen LogP contribution in [0.5, 0.6) is 0 Å². The van der Waals surface area contributed by atoms with Crippen LogP contribution in [0.2, 0.25) is 0 Å². The number of hydrogen-bond donors (Lipinski definition) is 6. The number of rotatable bonds is 12. The Balaban J connectivity index is 0. The second kappa shape index (κ2) is 26.6. The molecule has 0 saturated carbocycles. The largest absolute Gasteiger partial charge is 0.480 e. The van der Waals surface area contributed by atoms with Gasteiger partial charge >= 0.3 is 24.2 Å². The number of thioether (sulfide) groups is 1. The van der Waals surface area contributed by atoms with Crippen molar-refractivity contribution >= 4 is 81.0 Å². The van der Waals surface area contributed by atoms with Gasteiger partial charge in [-0.05, 0) is 25.9 Å². The maximum Gasteiger partial charge on any atom is 0.373 e. The van der Waals surface area contributed by atoms with Crippen LogP contribution in [0.15, 0.2) is 0 Å². The molecule has 4 atom stereocenters. The third-order valence-corrected chi connectivity index (χ3v) is 9.13. The number of aliphatic carboxylic acids is 2. The Kier molecular flexibility index (Phi) is 26.0. The van der Waals surface area contributed by atoms with Gasteiger partial charge in [-0.1, -0.05) is 21.6 Å². The van der Waals surface area contributed by atoms with E-state index in [2.05, 4.69) is 10.6 Å². The SMILES string of the molecule is NCCCC(=O)CC1CSCC(C(=O)O)NC1=O.NCCCC(=O)CC1CSSCC(C(=O)O)NC1=O.O=C=O.O=C=O. The van der Waals surface area contributed by atoms with Crippen molar-refractivity contribution in [3.8, 4) is 0 Å².